The van der Waals surface area contributed by atoms with Gasteiger partial charge < -0.3 is 21.7 Å². The molecule has 1 aromatic rings. The van der Waals surface area contributed by atoms with Gasteiger partial charge in [-0.2, -0.15) is 17.7 Å². The zero-order chi connectivity index (χ0) is 6.53. The first-order valence-electron chi connectivity index (χ1n) is 2.84. The molecule has 0 spiro atoms. The van der Waals surface area contributed by atoms with Crippen LogP contribution >= 0.6 is 0 Å². The summed E-state index contributed by atoms with van der Waals surface area (Å²) >= 11 is 0. The van der Waals surface area contributed by atoms with Gasteiger partial charge in [-0.05, 0) is 0 Å². The molecular formula is C8H9BrMgO. The Bertz CT molecular complexity index is 167. The summed E-state index contributed by atoms with van der Waals surface area (Å²) in [5.41, 5.74) is 1.10. The van der Waals surface area contributed by atoms with Crippen LogP contribution < -0.4 is 17.0 Å². The molecule has 1 nitrogen and oxygen atoms in total. The molecule has 0 aliphatic heterocycles. The topological polar surface area (TPSA) is 9.23 Å². The minimum atomic E-state index is 0. The van der Waals surface area contributed by atoms with Crippen molar-refractivity contribution in [2.75, 3.05) is 7.11 Å². The second-order valence-electron chi connectivity index (χ2n) is 1.76. The molecule has 0 aliphatic carbocycles. The number of hydrogen-bond donors (Lipinski definition) is 0. The minimum Gasteiger partial charge on any atom is -1.00 e. The van der Waals surface area contributed by atoms with Crippen LogP contribution in [0.4, 0.5) is 0 Å². The van der Waals surface area contributed by atoms with Gasteiger partial charge in [0.15, 0.2) is 0 Å². The van der Waals surface area contributed by atoms with Crippen LogP contribution in [0.2, 0.25) is 0 Å². The first kappa shape index (κ1) is 13.9. The van der Waals surface area contributed by atoms with Gasteiger partial charge in [0, 0.05) is 7.11 Å². The van der Waals surface area contributed by atoms with Crippen LogP contribution in [0.25, 0.3) is 0 Å². The summed E-state index contributed by atoms with van der Waals surface area (Å²) in [6.45, 7) is 1.71. The Morgan fingerprint density at radius 3 is 2.18 bits per heavy atom. The fourth-order valence-corrected chi connectivity index (χ4v) is 0.668. The summed E-state index contributed by atoms with van der Waals surface area (Å²) in [7, 11) is 1.65. The van der Waals surface area contributed by atoms with E-state index in [-0.39, 0.29) is 40.0 Å². The van der Waals surface area contributed by atoms with Crippen LogP contribution in [0.15, 0.2) is 30.3 Å². The van der Waals surface area contributed by atoms with Crippen molar-refractivity contribution in [2.24, 2.45) is 0 Å². The van der Waals surface area contributed by atoms with Crippen molar-refractivity contribution in [3.63, 3.8) is 0 Å². The predicted octanol–water partition coefficient (Wildman–Crippen LogP) is -1.53. The van der Waals surface area contributed by atoms with E-state index in [1.807, 2.05) is 30.3 Å². The van der Waals surface area contributed by atoms with Crippen LogP contribution in [-0.4, -0.2) is 30.2 Å². The summed E-state index contributed by atoms with van der Waals surface area (Å²) in [4.78, 5) is 0. The van der Waals surface area contributed by atoms with Gasteiger partial charge in [-0.1, -0.05) is 12.7 Å². The molecule has 1 aromatic carbocycles. The molecule has 0 atom stereocenters. The molecule has 3 heteroatoms. The molecule has 1 rings (SSSR count). The van der Waals surface area contributed by atoms with Crippen molar-refractivity contribution in [1.29, 1.82) is 0 Å². The van der Waals surface area contributed by atoms with Crippen molar-refractivity contribution >= 4 is 23.1 Å². The van der Waals surface area contributed by atoms with Gasteiger partial charge in [0.05, 0.1) is 0 Å². The first-order chi connectivity index (χ1) is 4.43. The average Bonchev–Trinajstić information content (AvgIpc) is 1.91. The Morgan fingerprint density at radius 2 is 1.73 bits per heavy atom. The third-order valence-electron chi connectivity index (χ3n) is 1.05. The molecule has 0 aromatic heterocycles. The maximum Gasteiger partial charge on any atom is 2.00 e. The van der Waals surface area contributed by atoms with Gasteiger partial charge in [0.25, 0.3) is 0 Å². The van der Waals surface area contributed by atoms with Gasteiger partial charge in [-0.25, -0.2) is 0 Å². The van der Waals surface area contributed by atoms with E-state index in [0.717, 1.165) is 5.56 Å². The second-order valence-corrected chi connectivity index (χ2v) is 1.76. The Kier molecular flexibility index (Phi) is 10.6. The molecule has 0 heterocycles. The summed E-state index contributed by atoms with van der Waals surface area (Å²) in [6.07, 6.45) is 0. The third-order valence-corrected chi connectivity index (χ3v) is 1.05. The Labute approximate surface area is 94.1 Å². The summed E-state index contributed by atoms with van der Waals surface area (Å²) in [6, 6.07) is 9.91. The number of hydrogen-bond acceptors (Lipinski definition) is 1. The van der Waals surface area contributed by atoms with E-state index >= 15 is 0 Å². The quantitative estimate of drug-likeness (QED) is 0.438. The fraction of sp³-hybridized carbons (Fsp3) is 0.125. The molecular weight excluding hydrogens is 216 g/mol. The summed E-state index contributed by atoms with van der Waals surface area (Å²) < 4.78 is 4.80. The molecule has 56 valence electrons. The smallest absolute Gasteiger partial charge is 1.00 e. The van der Waals surface area contributed by atoms with Crippen molar-refractivity contribution in [2.45, 2.75) is 0 Å². The number of benzene rings is 1. The number of rotatable bonds is 2. The van der Waals surface area contributed by atoms with Crippen LogP contribution in [0.5, 0.6) is 0 Å². The number of methoxy groups -OCH3 is 1. The third kappa shape index (κ3) is 5.55. The summed E-state index contributed by atoms with van der Waals surface area (Å²) in [5, 5.41) is 0. The van der Waals surface area contributed by atoms with Crippen molar-refractivity contribution < 1.29 is 21.7 Å². The molecule has 0 fully saturated rings. The van der Waals surface area contributed by atoms with Crippen LogP contribution in [0, 0.1) is 6.61 Å². The Morgan fingerprint density at radius 1 is 1.18 bits per heavy atom. The summed E-state index contributed by atoms with van der Waals surface area (Å²) in [5.74, 6) is 0. The molecule has 0 bridgehead atoms. The van der Waals surface area contributed by atoms with Gasteiger partial charge in [0.1, 0.15) is 0 Å². The van der Waals surface area contributed by atoms with E-state index in [1.165, 1.54) is 0 Å². The number of ether oxygens (including phenoxy) is 1. The van der Waals surface area contributed by atoms with E-state index in [4.69, 9.17) is 4.74 Å². The zero-order valence-corrected chi connectivity index (χ0v) is 9.46. The molecule has 0 radical (unpaired) electrons. The predicted molar refractivity (Wildman–Crippen MR) is 42.6 cm³/mol. The SMILES string of the molecule is CO[CH-]c1ccccc1.[Br-].[Mg+2]. The van der Waals surface area contributed by atoms with Crippen LogP contribution in [-0.2, 0) is 4.74 Å². The van der Waals surface area contributed by atoms with Crippen LogP contribution in [0.1, 0.15) is 5.56 Å². The Balaban J connectivity index is 0. The van der Waals surface area contributed by atoms with E-state index in [1.54, 1.807) is 13.7 Å². The molecule has 0 saturated heterocycles. The van der Waals surface area contributed by atoms with Gasteiger partial charge in [-0.3, -0.25) is 0 Å². The van der Waals surface area contributed by atoms with Gasteiger partial charge in [-0.15, -0.1) is 12.1 Å². The number of halogens is 1. The van der Waals surface area contributed by atoms with Crippen molar-refractivity contribution in [3.05, 3.63) is 42.5 Å². The normalized spacial score (nSPS) is 7.36. The second kappa shape index (κ2) is 8.39. The maximum absolute atomic E-state index is 4.80. The van der Waals surface area contributed by atoms with E-state index in [9.17, 15) is 0 Å². The average molecular weight is 225 g/mol. The van der Waals surface area contributed by atoms with E-state index in [2.05, 4.69) is 0 Å². The van der Waals surface area contributed by atoms with Crippen LogP contribution in [0.3, 0.4) is 0 Å². The first-order valence-corrected chi connectivity index (χ1v) is 2.84. The van der Waals surface area contributed by atoms with E-state index < -0.39 is 0 Å². The molecule has 0 aliphatic rings. The molecule has 11 heavy (non-hydrogen) atoms. The monoisotopic (exact) mass is 224 g/mol. The Hall–Kier alpha value is 0.296. The van der Waals surface area contributed by atoms with Crippen molar-refractivity contribution in [1.82, 2.24) is 0 Å². The molecule has 0 saturated carbocycles. The minimum absolute atomic E-state index is 0. The van der Waals surface area contributed by atoms with E-state index in [0.29, 0.717) is 0 Å². The maximum atomic E-state index is 4.80. The van der Waals surface area contributed by atoms with Crippen molar-refractivity contribution in [3.8, 4) is 0 Å². The van der Waals surface area contributed by atoms with Gasteiger partial charge in [0.2, 0.25) is 0 Å². The molecule has 0 N–H and O–H groups in total. The fourth-order valence-electron chi connectivity index (χ4n) is 0.668. The largest absolute Gasteiger partial charge is 2.00 e. The molecule has 0 unspecified atom stereocenters. The molecule has 0 amide bonds. The standard InChI is InChI=1S/C8H9O.BrH.Mg/c1-9-7-8-5-3-2-4-6-8;;/h2-7H,1H3;1H;/q-1;;+2/p-1. The van der Waals surface area contributed by atoms with Gasteiger partial charge >= 0.3 is 23.1 Å². The zero-order valence-electron chi connectivity index (χ0n) is 6.46.